The zero-order valence-corrected chi connectivity index (χ0v) is 13.0. The van der Waals surface area contributed by atoms with E-state index in [0.717, 1.165) is 6.92 Å². The van der Waals surface area contributed by atoms with E-state index in [9.17, 15) is 19.5 Å². The monoisotopic (exact) mass is 346 g/mol. The fourth-order valence-electron chi connectivity index (χ4n) is 1.99. The summed E-state index contributed by atoms with van der Waals surface area (Å²) in [5.41, 5.74) is -0.518. The first kappa shape index (κ1) is 17.8. The maximum Gasteiger partial charge on any atom is 0.390 e. The predicted molar refractivity (Wildman–Crippen MR) is 84.1 cm³/mol. The number of hydrogen-bond acceptors (Lipinski definition) is 5. The molecule has 2 aromatic carbocycles. The molecule has 8 heteroatoms. The van der Waals surface area contributed by atoms with Crippen LogP contribution in [0.25, 0.3) is 0 Å². The Labute approximate surface area is 141 Å². The van der Waals surface area contributed by atoms with Gasteiger partial charge in [-0.05, 0) is 24.3 Å². The number of aliphatic carboxylic acids is 1. The number of ether oxygens (including phenoxy) is 2. The summed E-state index contributed by atoms with van der Waals surface area (Å²) in [5.74, 6) is -6.99. The van der Waals surface area contributed by atoms with Crippen molar-refractivity contribution < 1.29 is 39.2 Å². The van der Waals surface area contributed by atoms with Crippen LogP contribution in [0.15, 0.2) is 48.5 Å². The highest BCUT2D eigenvalue weighted by atomic mass is 16.7. The third kappa shape index (κ3) is 3.86. The summed E-state index contributed by atoms with van der Waals surface area (Å²) < 4.78 is 10.6. The molecule has 0 saturated carbocycles. The summed E-state index contributed by atoms with van der Waals surface area (Å²) in [5, 5.41) is 27.8. The Kier molecular flexibility index (Phi) is 4.92. The summed E-state index contributed by atoms with van der Waals surface area (Å²) in [6.07, 6.45) is 0. The van der Waals surface area contributed by atoms with E-state index < -0.39 is 23.7 Å². The van der Waals surface area contributed by atoms with Gasteiger partial charge in [0.25, 0.3) is 0 Å². The van der Waals surface area contributed by atoms with Crippen molar-refractivity contribution in [1.82, 2.24) is 0 Å². The van der Waals surface area contributed by atoms with Gasteiger partial charge in [-0.15, -0.1) is 0 Å². The lowest BCUT2D eigenvalue weighted by Gasteiger charge is -2.28. The smallest absolute Gasteiger partial charge is 0.390 e. The fourth-order valence-corrected chi connectivity index (χ4v) is 1.99. The first-order valence-electron chi connectivity index (χ1n) is 7.00. The Morgan fingerprint density at radius 2 is 1.12 bits per heavy atom. The van der Waals surface area contributed by atoms with E-state index in [-0.39, 0.29) is 22.6 Å². The Morgan fingerprint density at radius 1 is 0.760 bits per heavy atom. The number of rotatable bonds is 7. The molecular weight excluding hydrogens is 332 g/mol. The molecule has 2 rings (SSSR count). The van der Waals surface area contributed by atoms with Gasteiger partial charge in [-0.25, -0.2) is 14.4 Å². The van der Waals surface area contributed by atoms with Crippen molar-refractivity contribution in [2.45, 2.75) is 12.7 Å². The lowest BCUT2D eigenvalue weighted by Crippen LogP contribution is -2.47. The molecule has 25 heavy (non-hydrogen) atoms. The van der Waals surface area contributed by atoms with Crippen LogP contribution in [0.2, 0.25) is 0 Å². The molecule has 3 N–H and O–H groups in total. The second-order valence-corrected chi connectivity index (χ2v) is 5.06. The highest BCUT2D eigenvalue weighted by Crippen LogP contribution is 2.28. The molecule has 0 aliphatic heterocycles. The van der Waals surface area contributed by atoms with Crippen LogP contribution < -0.4 is 9.47 Å². The molecule has 0 saturated heterocycles. The maximum atomic E-state index is 11.6. The lowest BCUT2D eigenvalue weighted by atomic mass is 10.2. The van der Waals surface area contributed by atoms with Crippen molar-refractivity contribution in [3.8, 4) is 11.5 Å². The van der Waals surface area contributed by atoms with Gasteiger partial charge >= 0.3 is 23.7 Å². The third-order valence-electron chi connectivity index (χ3n) is 3.23. The van der Waals surface area contributed by atoms with Crippen molar-refractivity contribution >= 4 is 17.9 Å². The molecule has 0 radical (unpaired) electrons. The van der Waals surface area contributed by atoms with E-state index in [1.807, 2.05) is 0 Å². The number of carboxylic acids is 3. The molecule has 0 heterocycles. The summed E-state index contributed by atoms with van der Waals surface area (Å²) >= 11 is 0. The van der Waals surface area contributed by atoms with E-state index in [0.29, 0.717) is 0 Å². The standard InChI is InChI=1S/C17H14O8/c1-17(16(22)23,24-12-8-4-2-6-10(12)14(18)19)25-13-9-5-3-7-11(13)15(20)21/h2-9H,1H3,(H,18,19)(H,20,21)(H,22,23). The number of hydrogen-bond donors (Lipinski definition) is 3. The van der Waals surface area contributed by atoms with Crippen molar-refractivity contribution in [2.24, 2.45) is 0 Å². The Balaban J connectivity index is 2.43. The van der Waals surface area contributed by atoms with E-state index in [4.69, 9.17) is 19.7 Å². The molecule has 2 aromatic rings. The summed E-state index contributed by atoms with van der Waals surface area (Å²) in [7, 11) is 0. The summed E-state index contributed by atoms with van der Waals surface area (Å²) in [6, 6.07) is 10.9. The highest BCUT2D eigenvalue weighted by Gasteiger charge is 2.40. The lowest BCUT2D eigenvalue weighted by molar-refractivity contribution is -0.181. The maximum absolute atomic E-state index is 11.6. The molecule has 0 aromatic heterocycles. The zero-order valence-electron chi connectivity index (χ0n) is 13.0. The minimum absolute atomic E-state index is 0.229. The topological polar surface area (TPSA) is 130 Å². The Hall–Kier alpha value is -3.55. The summed E-state index contributed by atoms with van der Waals surface area (Å²) in [6.45, 7) is 1.05. The van der Waals surface area contributed by atoms with E-state index in [1.54, 1.807) is 0 Å². The van der Waals surface area contributed by atoms with Crippen LogP contribution in [0.4, 0.5) is 0 Å². The van der Waals surface area contributed by atoms with E-state index in [1.165, 1.54) is 48.5 Å². The molecule has 0 amide bonds. The van der Waals surface area contributed by atoms with Gasteiger partial charge in [0.2, 0.25) is 0 Å². The second-order valence-electron chi connectivity index (χ2n) is 5.06. The molecule has 0 fully saturated rings. The molecule has 8 nitrogen and oxygen atoms in total. The van der Waals surface area contributed by atoms with E-state index in [2.05, 4.69) is 0 Å². The quantitative estimate of drug-likeness (QED) is 0.651. The van der Waals surface area contributed by atoms with Gasteiger partial charge in [0.05, 0.1) is 0 Å². The largest absolute Gasteiger partial charge is 0.478 e. The Morgan fingerprint density at radius 3 is 1.44 bits per heavy atom. The van der Waals surface area contributed by atoms with Crippen LogP contribution in [-0.2, 0) is 4.79 Å². The minimum atomic E-state index is -2.35. The molecule has 0 unspecified atom stereocenters. The minimum Gasteiger partial charge on any atom is -0.478 e. The van der Waals surface area contributed by atoms with Gasteiger partial charge in [0.15, 0.2) is 0 Å². The van der Waals surface area contributed by atoms with Crippen molar-refractivity contribution in [1.29, 1.82) is 0 Å². The number of aromatic carboxylic acids is 2. The number of para-hydroxylation sites is 2. The number of carbonyl (C=O) groups is 3. The van der Waals surface area contributed by atoms with Crippen LogP contribution in [-0.4, -0.2) is 39.0 Å². The van der Waals surface area contributed by atoms with Gasteiger partial charge in [-0.1, -0.05) is 24.3 Å². The molecular formula is C17H14O8. The van der Waals surface area contributed by atoms with Crippen molar-refractivity contribution in [3.63, 3.8) is 0 Å². The Bertz CT molecular complexity index is 767. The first-order valence-corrected chi connectivity index (χ1v) is 7.00. The second kappa shape index (κ2) is 6.91. The zero-order chi connectivity index (χ0) is 18.6. The van der Waals surface area contributed by atoms with Gasteiger partial charge < -0.3 is 24.8 Å². The average Bonchev–Trinajstić information content (AvgIpc) is 2.55. The highest BCUT2D eigenvalue weighted by molar-refractivity contribution is 5.92. The molecule has 0 aliphatic rings. The first-order chi connectivity index (χ1) is 11.7. The molecule has 0 bridgehead atoms. The van der Waals surface area contributed by atoms with Crippen LogP contribution in [0.3, 0.4) is 0 Å². The van der Waals surface area contributed by atoms with Gasteiger partial charge in [0, 0.05) is 6.92 Å². The molecule has 0 aliphatic carbocycles. The van der Waals surface area contributed by atoms with Crippen LogP contribution in [0.1, 0.15) is 27.6 Å². The molecule has 130 valence electrons. The average molecular weight is 346 g/mol. The number of carboxylic acid groups (broad SMARTS) is 3. The van der Waals surface area contributed by atoms with Gasteiger partial charge in [0.1, 0.15) is 22.6 Å². The van der Waals surface area contributed by atoms with Crippen LogP contribution in [0.5, 0.6) is 11.5 Å². The normalized spacial score (nSPS) is 10.8. The van der Waals surface area contributed by atoms with E-state index >= 15 is 0 Å². The van der Waals surface area contributed by atoms with Crippen LogP contribution >= 0.6 is 0 Å². The SMILES string of the molecule is CC(Oc1ccccc1C(=O)O)(Oc1ccccc1C(=O)O)C(=O)O. The van der Waals surface area contributed by atoms with Crippen molar-refractivity contribution in [2.75, 3.05) is 0 Å². The fraction of sp³-hybridized carbons (Fsp3) is 0.118. The third-order valence-corrected chi connectivity index (χ3v) is 3.23. The summed E-state index contributed by atoms with van der Waals surface area (Å²) in [4.78, 5) is 34.1. The van der Waals surface area contributed by atoms with Crippen molar-refractivity contribution in [3.05, 3.63) is 59.7 Å². The predicted octanol–water partition coefficient (Wildman–Crippen LogP) is 2.34. The van der Waals surface area contributed by atoms with Crippen LogP contribution in [0, 0.1) is 0 Å². The molecule has 0 atom stereocenters. The van der Waals surface area contributed by atoms with Gasteiger partial charge in [-0.2, -0.15) is 0 Å². The van der Waals surface area contributed by atoms with Gasteiger partial charge in [-0.3, -0.25) is 0 Å². The molecule has 0 spiro atoms. The number of benzene rings is 2.